The van der Waals surface area contributed by atoms with Crippen molar-refractivity contribution in [2.24, 2.45) is 4.99 Å². The minimum absolute atomic E-state index is 0.0805. The first-order valence-electron chi connectivity index (χ1n) is 7.68. The second-order valence-corrected chi connectivity index (χ2v) is 5.07. The molecule has 0 amide bonds. The van der Waals surface area contributed by atoms with Gasteiger partial charge in [0.1, 0.15) is 12.2 Å². The van der Waals surface area contributed by atoms with Gasteiger partial charge in [0.15, 0.2) is 5.96 Å². The van der Waals surface area contributed by atoms with E-state index in [0.29, 0.717) is 19.0 Å². The largest absolute Gasteiger partial charge is 0.355 e. The van der Waals surface area contributed by atoms with Crippen molar-refractivity contribution < 1.29 is 4.92 Å². The maximum absolute atomic E-state index is 10.8. The van der Waals surface area contributed by atoms with Crippen LogP contribution in [0.5, 0.6) is 0 Å². The summed E-state index contributed by atoms with van der Waals surface area (Å²) in [5.41, 5.74) is 0.899. The van der Waals surface area contributed by atoms with Crippen molar-refractivity contribution in [3.05, 3.63) is 52.1 Å². The highest BCUT2D eigenvalue weighted by atomic mass is 16.6. The first kappa shape index (κ1) is 17.4. The summed E-state index contributed by atoms with van der Waals surface area (Å²) in [5, 5.41) is 25.1. The lowest BCUT2D eigenvalue weighted by atomic mass is 10.2. The monoisotopic (exact) mass is 331 g/mol. The molecule has 2 rings (SSSR count). The second-order valence-electron chi connectivity index (χ2n) is 5.07. The Morgan fingerprint density at radius 2 is 2.25 bits per heavy atom. The second kappa shape index (κ2) is 8.61. The summed E-state index contributed by atoms with van der Waals surface area (Å²) in [6.45, 7) is 3.88. The molecule has 9 nitrogen and oxygen atoms in total. The van der Waals surface area contributed by atoms with E-state index in [1.807, 2.05) is 17.6 Å². The van der Waals surface area contributed by atoms with Crippen molar-refractivity contribution in [1.82, 2.24) is 25.4 Å². The van der Waals surface area contributed by atoms with Crippen LogP contribution in [0.25, 0.3) is 0 Å². The smallest absolute Gasteiger partial charge is 0.269 e. The summed E-state index contributed by atoms with van der Waals surface area (Å²) < 4.78 is 1.99. The van der Waals surface area contributed by atoms with E-state index >= 15 is 0 Å². The van der Waals surface area contributed by atoms with Gasteiger partial charge in [0.25, 0.3) is 5.69 Å². The zero-order valence-corrected chi connectivity index (χ0v) is 13.8. The van der Waals surface area contributed by atoms with E-state index in [9.17, 15) is 10.1 Å². The first-order chi connectivity index (χ1) is 11.6. The van der Waals surface area contributed by atoms with Gasteiger partial charge in [0.05, 0.1) is 4.92 Å². The lowest BCUT2D eigenvalue weighted by Gasteiger charge is -2.12. The molecule has 0 aliphatic carbocycles. The number of nitro benzene ring substituents is 1. The molecule has 9 heteroatoms. The Morgan fingerprint density at radius 1 is 1.42 bits per heavy atom. The Morgan fingerprint density at radius 3 is 2.96 bits per heavy atom. The predicted molar refractivity (Wildman–Crippen MR) is 90.7 cm³/mol. The molecule has 0 aliphatic heterocycles. The van der Waals surface area contributed by atoms with E-state index < -0.39 is 4.92 Å². The van der Waals surface area contributed by atoms with Gasteiger partial charge in [0, 0.05) is 45.2 Å². The molecule has 1 aromatic heterocycles. The summed E-state index contributed by atoms with van der Waals surface area (Å²) in [6, 6.07) is 6.52. The maximum Gasteiger partial charge on any atom is 0.269 e. The van der Waals surface area contributed by atoms with Gasteiger partial charge in [-0.2, -0.15) is 0 Å². The zero-order valence-electron chi connectivity index (χ0n) is 13.8. The van der Waals surface area contributed by atoms with Crippen LogP contribution in [0.4, 0.5) is 5.69 Å². The molecule has 0 saturated heterocycles. The van der Waals surface area contributed by atoms with Gasteiger partial charge in [-0.3, -0.25) is 15.1 Å². The molecular weight excluding hydrogens is 310 g/mol. The van der Waals surface area contributed by atoms with E-state index in [0.717, 1.165) is 24.4 Å². The number of hydrogen-bond acceptors (Lipinski definition) is 5. The fourth-order valence-corrected chi connectivity index (χ4v) is 2.22. The molecule has 24 heavy (non-hydrogen) atoms. The van der Waals surface area contributed by atoms with Crippen LogP contribution in [0.15, 0.2) is 35.6 Å². The molecule has 0 spiro atoms. The van der Waals surface area contributed by atoms with Crippen LogP contribution in [-0.4, -0.2) is 39.2 Å². The Labute approximate surface area is 140 Å². The lowest BCUT2D eigenvalue weighted by molar-refractivity contribution is -0.384. The van der Waals surface area contributed by atoms with Crippen molar-refractivity contribution in [3.63, 3.8) is 0 Å². The molecule has 2 aromatic rings. The Balaban J connectivity index is 1.82. The Bertz CT molecular complexity index is 711. The highest BCUT2D eigenvalue weighted by Gasteiger charge is 2.06. The van der Waals surface area contributed by atoms with Crippen LogP contribution < -0.4 is 10.6 Å². The van der Waals surface area contributed by atoms with E-state index in [-0.39, 0.29) is 5.69 Å². The molecule has 128 valence electrons. The maximum atomic E-state index is 10.8. The number of non-ortho nitro benzene ring substituents is 1. The molecule has 0 fully saturated rings. The van der Waals surface area contributed by atoms with Crippen LogP contribution in [0.3, 0.4) is 0 Å². The third-order valence-electron chi connectivity index (χ3n) is 3.46. The number of guanidine groups is 1. The van der Waals surface area contributed by atoms with Gasteiger partial charge in [-0.15, -0.1) is 10.2 Å². The highest BCUT2D eigenvalue weighted by molar-refractivity contribution is 5.79. The summed E-state index contributed by atoms with van der Waals surface area (Å²) in [6.07, 6.45) is 2.54. The highest BCUT2D eigenvalue weighted by Crippen LogP contribution is 2.12. The number of nitrogens with one attached hydrogen (secondary N) is 2. The number of nitrogens with zero attached hydrogens (tertiary/aromatic N) is 5. The summed E-state index contributed by atoms with van der Waals surface area (Å²) >= 11 is 0. The quantitative estimate of drug-likeness (QED) is 0.340. The molecule has 1 aromatic carbocycles. The van der Waals surface area contributed by atoms with Gasteiger partial charge >= 0.3 is 0 Å². The van der Waals surface area contributed by atoms with Gasteiger partial charge in [-0.25, -0.2) is 0 Å². The topological polar surface area (TPSA) is 110 Å². The van der Waals surface area contributed by atoms with Crippen LogP contribution >= 0.6 is 0 Å². The number of benzene rings is 1. The molecule has 0 bridgehead atoms. The minimum Gasteiger partial charge on any atom is -0.355 e. The Hall–Kier alpha value is -2.97. The number of nitro groups is 1. The normalized spacial score (nSPS) is 11.3. The third-order valence-corrected chi connectivity index (χ3v) is 3.46. The third kappa shape index (κ3) is 4.77. The van der Waals surface area contributed by atoms with Crippen LogP contribution in [-0.2, 0) is 19.5 Å². The molecular formula is C15H21N7O2. The SMILES string of the molecule is CCc1nncn1CCNC(=NC)NCc1cccc([N+](=O)[O-])c1. The number of rotatable bonds is 7. The molecule has 1 heterocycles. The standard InChI is InChI=1S/C15H21N7O2/c1-3-14-20-19-11-21(14)8-7-17-15(16-2)18-10-12-5-4-6-13(9-12)22(23)24/h4-6,9,11H,3,7-8,10H2,1-2H3,(H2,16,17,18). The molecule has 0 aliphatic rings. The number of aryl methyl sites for hydroxylation is 1. The van der Waals surface area contributed by atoms with Crippen LogP contribution in [0, 0.1) is 10.1 Å². The summed E-state index contributed by atoms with van der Waals surface area (Å²) in [4.78, 5) is 14.5. The van der Waals surface area contributed by atoms with E-state index in [4.69, 9.17) is 0 Å². The Kier molecular flexibility index (Phi) is 6.23. The van der Waals surface area contributed by atoms with E-state index in [1.165, 1.54) is 6.07 Å². The first-order valence-corrected chi connectivity index (χ1v) is 7.68. The van der Waals surface area contributed by atoms with Crippen molar-refractivity contribution in [2.75, 3.05) is 13.6 Å². The fraction of sp³-hybridized carbons (Fsp3) is 0.400. The molecule has 0 atom stereocenters. The molecule has 0 saturated carbocycles. The summed E-state index contributed by atoms with van der Waals surface area (Å²) in [5.74, 6) is 1.57. The van der Waals surface area contributed by atoms with Gasteiger partial charge in [0.2, 0.25) is 0 Å². The number of aliphatic imine (C=N–C) groups is 1. The molecule has 2 N–H and O–H groups in total. The molecule has 0 radical (unpaired) electrons. The molecule has 0 unspecified atom stereocenters. The van der Waals surface area contributed by atoms with Crippen LogP contribution in [0.1, 0.15) is 18.3 Å². The number of hydrogen-bond donors (Lipinski definition) is 2. The average Bonchev–Trinajstić information content (AvgIpc) is 3.05. The van der Waals surface area contributed by atoms with Crippen molar-refractivity contribution in [1.29, 1.82) is 0 Å². The van der Waals surface area contributed by atoms with Crippen molar-refractivity contribution in [3.8, 4) is 0 Å². The zero-order chi connectivity index (χ0) is 17.4. The minimum atomic E-state index is -0.402. The number of aromatic nitrogens is 3. The average molecular weight is 331 g/mol. The van der Waals surface area contributed by atoms with Crippen molar-refractivity contribution in [2.45, 2.75) is 26.4 Å². The predicted octanol–water partition coefficient (Wildman–Crippen LogP) is 1.11. The van der Waals surface area contributed by atoms with Gasteiger partial charge < -0.3 is 15.2 Å². The van der Waals surface area contributed by atoms with Gasteiger partial charge in [-0.05, 0) is 5.56 Å². The van der Waals surface area contributed by atoms with E-state index in [1.54, 1.807) is 25.5 Å². The van der Waals surface area contributed by atoms with E-state index in [2.05, 4.69) is 25.8 Å². The van der Waals surface area contributed by atoms with Crippen LogP contribution in [0.2, 0.25) is 0 Å². The summed E-state index contributed by atoms with van der Waals surface area (Å²) in [7, 11) is 1.68. The van der Waals surface area contributed by atoms with Crippen molar-refractivity contribution >= 4 is 11.6 Å². The fourth-order valence-electron chi connectivity index (χ4n) is 2.22. The van der Waals surface area contributed by atoms with Gasteiger partial charge in [-0.1, -0.05) is 19.1 Å². The lowest BCUT2D eigenvalue weighted by Crippen LogP contribution is -2.38.